The summed E-state index contributed by atoms with van der Waals surface area (Å²) in [4.78, 5) is 40.3. The number of esters is 1. The van der Waals surface area contributed by atoms with Crippen LogP contribution in [0.5, 0.6) is 5.75 Å². The fraction of sp³-hybridized carbons (Fsp3) is 0.107. The van der Waals surface area contributed by atoms with E-state index >= 15 is 0 Å². The van der Waals surface area contributed by atoms with Crippen LogP contribution in [-0.2, 0) is 16.1 Å². The third kappa shape index (κ3) is 7.25. The van der Waals surface area contributed by atoms with Gasteiger partial charge in [0.25, 0.3) is 11.6 Å². The van der Waals surface area contributed by atoms with Crippen molar-refractivity contribution in [2.45, 2.75) is 13.5 Å². The minimum atomic E-state index is -0.816. The molecule has 0 atom stereocenters. The number of thioether (sulfide) groups is 1. The zero-order chi connectivity index (χ0) is 29.7. The van der Waals surface area contributed by atoms with Crippen molar-refractivity contribution in [2.24, 2.45) is 4.99 Å². The Bertz CT molecular complexity index is 1620. The molecule has 0 aromatic heterocycles. The quantitative estimate of drug-likeness (QED) is 0.141. The summed E-state index contributed by atoms with van der Waals surface area (Å²) in [6.45, 7) is 1.85. The first-order valence-corrected chi connectivity index (χ1v) is 14.6. The van der Waals surface area contributed by atoms with Crippen molar-refractivity contribution in [2.75, 3.05) is 6.61 Å². The van der Waals surface area contributed by atoms with Gasteiger partial charge in [-0.15, -0.1) is 0 Å². The van der Waals surface area contributed by atoms with Gasteiger partial charge in [0.2, 0.25) is 0 Å². The summed E-state index contributed by atoms with van der Waals surface area (Å²) in [5.41, 5.74) is 1.29. The van der Waals surface area contributed by atoms with Crippen LogP contribution in [0.2, 0.25) is 5.02 Å². The molecule has 210 valence electrons. The first kappa shape index (κ1) is 30.5. The van der Waals surface area contributed by atoms with Crippen LogP contribution in [0.15, 0.2) is 90.8 Å². The molecular weight excluding hydrogens is 704 g/mol. The lowest BCUT2D eigenvalue weighted by molar-refractivity contribution is -0.384. The Hall–Kier alpha value is -3.45. The van der Waals surface area contributed by atoms with Crippen LogP contribution in [0.25, 0.3) is 6.08 Å². The highest BCUT2D eigenvalue weighted by molar-refractivity contribution is 9.11. The van der Waals surface area contributed by atoms with Gasteiger partial charge >= 0.3 is 5.97 Å². The van der Waals surface area contributed by atoms with Crippen molar-refractivity contribution < 1.29 is 29.1 Å². The zero-order valence-electron chi connectivity index (χ0n) is 21.1. The van der Waals surface area contributed by atoms with Crippen molar-refractivity contribution >= 4 is 83.9 Å². The average Bonchev–Trinajstić information content (AvgIpc) is 3.22. The lowest BCUT2D eigenvalue weighted by Crippen LogP contribution is -2.14. The molecule has 0 bridgehead atoms. The number of benzene rings is 3. The van der Waals surface area contributed by atoms with E-state index in [1.54, 1.807) is 55.5 Å². The van der Waals surface area contributed by atoms with Gasteiger partial charge < -0.3 is 14.6 Å². The highest BCUT2D eigenvalue weighted by Gasteiger charge is 2.34. The maximum atomic E-state index is 12.8. The molecular formula is C28H19Br2ClN2O7S. The van der Waals surface area contributed by atoms with Gasteiger partial charge in [0, 0.05) is 12.1 Å². The SMILES string of the molecule is CCOC(=O)C1=C(O)/C(=C/c2cc(Br)c(OCc3ccc([N+](=O)[O-])cc3)c(Br)c2)SC1=NC(=O)c1ccccc1Cl. The summed E-state index contributed by atoms with van der Waals surface area (Å²) in [7, 11) is 0. The second-order valence-electron chi connectivity index (χ2n) is 8.28. The van der Waals surface area contributed by atoms with Crippen molar-refractivity contribution in [3.05, 3.63) is 118 Å². The molecule has 0 unspecified atom stereocenters. The second kappa shape index (κ2) is 13.5. The number of nitro benzene ring substituents is 1. The number of aliphatic hydroxyl groups is 1. The minimum Gasteiger partial charge on any atom is -0.506 e. The van der Waals surface area contributed by atoms with E-state index in [1.165, 1.54) is 18.2 Å². The Balaban J connectivity index is 1.61. The summed E-state index contributed by atoms with van der Waals surface area (Å²) in [6, 6.07) is 15.9. The number of nitro groups is 1. The van der Waals surface area contributed by atoms with Gasteiger partial charge in [0.05, 0.1) is 36.0 Å². The van der Waals surface area contributed by atoms with E-state index in [2.05, 4.69) is 36.9 Å². The number of carbonyl (C=O) groups excluding carboxylic acids is 2. The van der Waals surface area contributed by atoms with Gasteiger partial charge in [-0.1, -0.05) is 35.5 Å². The van der Waals surface area contributed by atoms with Crippen LogP contribution < -0.4 is 4.74 Å². The predicted molar refractivity (Wildman–Crippen MR) is 164 cm³/mol. The molecule has 1 aliphatic heterocycles. The predicted octanol–water partition coefficient (Wildman–Crippen LogP) is 8.05. The second-order valence-corrected chi connectivity index (χ2v) is 11.4. The van der Waals surface area contributed by atoms with Crippen LogP contribution in [0, 0.1) is 10.1 Å². The summed E-state index contributed by atoms with van der Waals surface area (Å²) in [5.74, 6) is -1.37. The number of aliphatic hydroxyl groups excluding tert-OH is 1. The van der Waals surface area contributed by atoms with Crippen LogP contribution >= 0.6 is 55.2 Å². The molecule has 0 radical (unpaired) electrons. The maximum Gasteiger partial charge on any atom is 0.344 e. The van der Waals surface area contributed by atoms with E-state index in [9.17, 15) is 24.8 Å². The summed E-state index contributed by atoms with van der Waals surface area (Å²) in [5, 5.41) is 22.0. The molecule has 3 aromatic rings. The third-order valence-electron chi connectivity index (χ3n) is 5.53. The Labute approximate surface area is 260 Å². The number of hydrogen-bond donors (Lipinski definition) is 1. The molecule has 1 heterocycles. The standard InChI is InChI=1S/C28H19Br2ClN2O7S/c1-2-39-28(36)23-24(34)22(41-27(23)32-26(35)18-5-3-4-6-21(18)31)13-16-11-19(29)25(20(30)12-16)40-14-15-7-9-17(10-8-15)33(37)38/h3-13,34H,2,14H2,1H3/b22-13-,32-27?. The molecule has 0 saturated heterocycles. The zero-order valence-corrected chi connectivity index (χ0v) is 25.8. The fourth-order valence-corrected chi connectivity index (χ4v) is 6.28. The van der Waals surface area contributed by atoms with Gasteiger partial charge in [-0.3, -0.25) is 14.9 Å². The van der Waals surface area contributed by atoms with E-state index in [0.717, 1.165) is 17.3 Å². The van der Waals surface area contributed by atoms with Crippen LogP contribution in [0.1, 0.15) is 28.4 Å². The molecule has 41 heavy (non-hydrogen) atoms. The van der Waals surface area contributed by atoms with Crippen LogP contribution in [-0.4, -0.2) is 33.6 Å². The Kier molecular flexibility index (Phi) is 10.0. The molecule has 1 aliphatic rings. The number of aliphatic imine (C=N–C) groups is 1. The normalized spacial score (nSPS) is 14.9. The molecule has 4 rings (SSSR count). The van der Waals surface area contributed by atoms with Gasteiger partial charge in [0.1, 0.15) is 28.7 Å². The first-order valence-electron chi connectivity index (χ1n) is 11.8. The van der Waals surface area contributed by atoms with E-state index < -0.39 is 16.8 Å². The summed E-state index contributed by atoms with van der Waals surface area (Å²) >= 11 is 14.1. The molecule has 13 heteroatoms. The van der Waals surface area contributed by atoms with Gasteiger partial charge in [-0.25, -0.2) is 9.79 Å². The van der Waals surface area contributed by atoms with Crippen LogP contribution in [0.3, 0.4) is 0 Å². The van der Waals surface area contributed by atoms with Gasteiger partial charge in [0.15, 0.2) is 0 Å². The smallest absolute Gasteiger partial charge is 0.344 e. The van der Waals surface area contributed by atoms with Gasteiger partial charge in [-0.2, -0.15) is 0 Å². The van der Waals surface area contributed by atoms with Gasteiger partial charge in [-0.05, 0) is 92.4 Å². The highest BCUT2D eigenvalue weighted by atomic mass is 79.9. The third-order valence-corrected chi connectivity index (χ3v) is 8.05. The number of ether oxygens (including phenoxy) is 2. The van der Waals surface area contributed by atoms with Crippen molar-refractivity contribution in [1.82, 2.24) is 0 Å². The van der Waals surface area contributed by atoms with E-state index in [1.807, 2.05) is 0 Å². The molecule has 0 fully saturated rings. The summed E-state index contributed by atoms with van der Waals surface area (Å²) < 4.78 is 12.2. The number of amides is 1. The topological polar surface area (TPSA) is 128 Å². The largest absolute Gasteiger partial charge is 0.506 e. The molecule has 1 amide bonds. The molecule has 1 N–H and O–H groups in total. The van der Waals surface area contributed by atoms with Crippen molar-refractivity contribution in [1.29, 1.82) is 0 Å². The lowest BCUT2D eigenvalue weighted by Gasteiger charge is -2.12. The summed E-state index contributed by atoms with van der Waals surface area (Å²) in [6.07, 6.45) is 1.62. The highest BCUT2D eigenvalue weighted by Crippen LogP contribution is 2.41. The average molecular weight is 723 g/mol. The van der Waals surface area contributed by atoms with E-state index in [-0.39, 0.29) is 50.8 Å². The molecule has 3 aromatic carbocycles. The minimum absolute atomic E-state index is 0.0110. The number of rotatable bonds is 8. The number of non-ortho nitro benzene ring substituents is 1. The Morgan fingerprint density at radius 1 is 1.12 bits per heavy atom. The van der Waals surface area contributed by atoms with E-state index in [0.29, 0.717) is 20.3 Å². The van der Waals surface area contributed by atoms with Crippen molar-refractivity contribution in [3.8, 4) is 5.75 Å². The number of hydrogen-bond acceptors (Lipinski definition) is 8. The number of carbonyl (C=O) groups is 2. The molecule has 0 spiro atoms. The number of halogens is 3. The lowest BCUT2D eigenvalue weighted by atomic mass is 10.1. The van der Waals surface area contributed by atoms with Crippen LogP contribution in [0.4, 0.5) is 5.69 Å². The number of nitrogens with zero attached hydrogens (tertiary/aromatic N) is 2. The molecule has 0 saturated carbocycles. The van der Waals surface area contributed by atoms with E-state index in [4.69, 9.17) is 21.1 Å². The Morgan fingerprint density at radius 2 is 1.78 bits per heavy atom. The molecule has 9 nitrogen and oxygen atoms in total. The maximum absolute atomic E-state index is 12.8. The monoisotopic (exact) mass is 720 g/mol. The first-order chi connectivity index (χ1) is 19.6. The molecule has 0 aliphatic carbocycles. The fourth-order valence-electron chi connectivity index (χ4n) is 3.60. The Morgan fingerprint density at radius 3 is 2.39 bits per heavy atom. The van der Waals surface area contributed by atoms with Crippen molar-refractivity contribution in [3.63, 3.8) is 0 Å².